The van der Waals surface area contributed by atoms with Crippen LogP contribution in [-0.2, 0) is 15.1 Å². The highest BCUT2D eigenvalue weighted by Crippen LogP contribution is 2.29. The summed E-state index contributed by atoms with van der Waals surface area (Å²) in [5, 5.41) is 3.48. The van der Waals surface area contributed by atoms with Gasteiger partial charge in [0.05, 0.1) is 0 Å². The zero-order chi connectivity index (χ0) is 17.2. The highest BCUT2D eigenvalue weighted by Gasteiger charge is 2.49. The Hall–Kier alpha value is -2.37. The number of rotatable bonds is 5. The van der Waals surface area contributed by atoms with Crippen LogP contribution in [0.1, 0.15) is 51.0 Å². The first kappa shape index (κ1) is 16.5. The molecular formula is C18H23N3O3. The largest absolute Gasteiger partial charge is 0.344 e. The van der Waals surface area contributed by atoms with Gasteiger partial charge in [0.2, 0.25) is 5.91 Å². The normalized spacial score (nSPS) is 24.3. The Morgan fingerprint density at radius 2 is 1.92 bits per heavy atom. The highest BCUT2D eigenvalue weighted by molar-refractivity contribution is 6.08. The predicted molar refractivity (Wildman–Crippen MR) is 88.5 cm³/mol. The van der Waals surface area contributed by atoms with Gasteiger partial charge in [-0.1, -0.05) is 56.0 Å². The minimum atomic E-state index is -1.16. The monoisotopic (exact) mass is 329 g/mol. The summed E-state index contributed by atoms with van der Waals surface area (Å²) in [7, 11) is 0. The SMILES string of the molecule is CC1(c2ccccc2)NC(=O)N(NC(=O)CCC2CCCC2)C1=O. The average Bonchev–Trinajstić information content (AvgIpc) is 3.17. The summed E-state index contributed by atoms with van der Waals surface area (Å²) >= 11 is 0. The Bertz CT molecular complexity index is 640. The molecule has 6 nitrogen and oxygen atoms in total. The van der Waals surface area contributed by atoms with Gasteiger partial charge in [0.25, 0.3) is 5.91 Å². The first-order valence-electron chi connectivity index (χ1n) is 8.52. The van der Waals surface area contributed by atoms with Crippen LogP contribution in [0.5, 0.6) is 0 Å². The molecule has 1 atom stereocenters. The topological polar surface area (TPSA) is 78.5 Å². The van der Waals surface area contributed by atoms with Crippen LogP contribution in [0.3, 0.4) is 0 Å². The number of nitrogens with one attached hydrogen (secondary N) is 2. The van der Waals surface area contributed by atoms with E-state index in [4.69, 9.17) is 0 Å². The number of nitrogens with zero attached hydrogens (tertiary/aromatic N) is 1. The van der Waals surface area contributed by atoms with E-state index in [0.29, 0.717) is 17.9 Å². The molecule has 1 aromatic rings. The summed E-state index contributed by atoms with van der Waals surface area (Å²) in [6.07, 6.45) is 5.95. The van der Waals surface area contributed by atoms with Crippen molar-refractivity contribution in [1.82, 2.24) is 15.8 Å². The Balaban J connectivity index is 1.63. The van der Waals surface area contributed by atoms with Crippen LogP contribution in [0.4, 0.5) is 4.79 Å². The van der Waals surface area contributed by atoms with Gasteiger partial charge in [0.1, 0.15) is 5.54 Å². The van der Waals surface area contributed by atoms with E-state index in [2.05, 4.69) is 10.7 Å². The van der Waals surface area contributed by atoms with Gasteiger partial charge in [-0.05, 0) is 24.8 Å². The van der Waals surface area contributed by atoms with Crippen molar-refractivity contribution < 1.29 is 14.4 Å². The van der Waals surface area contributed by atoms with Crippen LogP contribution in [0.15, 0.2) is 30.3 Å². The molecule has 1 aromatic carbocycles. The third kappa shape index (κ3) is 3.13. The molecule has 0 spiro atoms. The fraction of sp³-hybridized carbons (Fsp3) is 0.500. The summed E-state index contributed by atoms with van der Waals surface area (Å²) in [4.78, 5) is 36.9. The Kier molecular flexibility index (Phi) is 4.55. The van der Waals surface area contributed by atoms with Crippen molar-refractivity contribution in [2.24, 2.45) is 5.92 Å². The van der Waals surface area contributed by atoms with Gasteiger partial charge in [-0.3, -0.25) is 15.0 Å². The van der Waals surface area contributed by atoms with E-state index in [1.54, 1.807) is 19.1 Å². The van der Waals surface area contributed by atoms with Gasteiger partial charge in [0, 0.05) is 6.42 Å². The van der Waals surface area contributed by atoms with Gasteiger partial charge < -0.3 is 5.32 Å². The third-order valence-electron chi connectivity index (χ3n) is 5.03. The fourth-order valence-electron chi connectivity index (χ4n) is 3.52. The first-order valence-corrected chi connectivity index (χ1v) is 8.52. The number of hydrogen-bond acceptors (Lipinski definition) is 3. The minimum absolute atomic E-state index is 0.289. The summed E-state index contributed by atoms with van der Waals surface area (Å²) < 4.78 is 0. The molecule has 0 bridgehead atoms. The van der Waals surface area contributed by atoms with Gasteiger partial charge in [-0.15, -0.1) is 0 Å². The molecule has 0 aromatic heterocycles. The highest BCUT2D eigenvalue weighted by atomic mass is 16.2. The molecule has 1 saturated carbocycles. The van der Waals surface area contributed by atoms with E-state index < -0.39 is 17.5 Å². The Labute approximate surface area is 141 Å². The van der Waals surface area contributed by atoms with Crippen LogP contribution >= 0.6 is 0 Å². The molecule has 128 valence electrons. The van der Waals surface area contributed by atoms with Crippen molar-refractivity contribution in [3.8, 4) is 0 Å². The zero-order valence-electron chi connectivity index (χ0n) is 13.9. The maximum absolute atomic E-state index is 12.7. The second-order valence-electron chi connectivity index (χ2n) is 6.79. The minimum Gasteiger partial charge on any atom is -0.318 e. The van der Waals surface area contributed by atoms with Crippen LogP contribution in [0.2, 0.25) is 0 Å². The smallest absolute Gasteiger partial charge is 0.318 e. The number of hydrazine groups is 1. The lowest BCUT2D eigenvalue weighted by atomic mass is 9.92. The molecule has 3 rings (SSSR count). The standard InChI is InChI=1S/C18H23N3O3/c1-18(14-9-3-2-4-10-14)16(23)21(17(24)19-18)20-15(22)12-11-13-7-5-6-8-13/h2-4,9-10,13H,5-8,11-12H2,1H3,(H,19,24)(H,20,22). The number of benzene rings is 1. The molecular weight excluding hydrogens is 306 g/mol. The molecule has 1 aliphatic heterocycles. The number of urea groups is 1. The molecule has 1 aliphatic carbocycles. The molecule has 2 aliphatic rings. The van der Waals surface area contributed by atoms with E-state index in [1.165, 1.54) is 25.7 Å². The molecule has 1 saturated heterocycles. The maximum atomic E-state index is 12.7. The fourth-order valence-corrected chi connectivity index (χ4v) is 3.52. The van der Waals surface area contributed by atoms with Crippen molar-refractivity contribution in [2.75, 3.05) is 0 Å². The van der Waals surface area contributed by atoms with E-state index >= 15 is 0 Å². The van der Waals surface area contributed by atoms with E-state index in [9.17, 15) is 14.4 Å². The molecule has 2 N–H and O–H groups in total. The lowest BCUT2D eigenvalue weighted by Gasteiger charge is -2.22. The lowest BCUT2D eigenvalue weighted by molar-refractivity contribution is -0.139. The molecule has 0 radical (unpaired) electrons. The average molecular weight is 329 g/mol. The lowest BCUT2D eigenvalue weighted by Crippen LogP contribution is -2.47. The number of carbonyl (C=O) groups excluding carboxylic acids is 3. The van der Waals surface area contributed by atoms with Crippen molar-refractivity contribution in [3.63, 3.8) is 0 Å². The maximum Gasteiger partial charge on any atom is 0.344 e. The second-order valence-corrected chi connectivity index (χ2v) is 6.79. The van der Waals surface area contributed by atoms with E-state index in [1.807, 2.05) is 18.2 Å². The molecule has 6 heteroatoms. The summed E-state index contributed by atoms with van der Waals surface area (Å²) in [6, 6.07) is 8.43. The number of amides is 4. The zero-order valence-corrected chi connectivity index (χ0v) is 13.9. The summed E-state index contributed by atoms with van der Waals surface area (Å²) in [5.74, 6) is -0.163. The van der Waals surface area contributed by atoms with Gasteiger partial charge in [-0.25, -0.2) is 4.79 Å². The van der Waals surface area contributed by atoms with Gasteiger partial charge >= 0.3 is 6.03 Å². The molecule has 2 fully saturated rings. The Morgan fingerprint density at radius 3 is 2.58 bits per heavy atom. The molecule has 1 heterocycles. The van der Waals surface area contributed by atoms with E-state index in [0.717, 1.165) is 11.4 Å². The molecule has 1 unspecified atom stereocenters. The van der Waals surface area contributed by atoms with Crippen molar-refractivity contribution >= 4 is 17.8 Å². The van der Waals surface area contributed by atoms with Crippen molar-refractivity contribution in [3.05, 3.63) is 35.9 Å². The number of imide groups is 1. The van der Waals surface area contributed by atoms with Crippen LogP contribution < -0.4 is 10.7 Å². The van der Waals surface area contributed by atoms with Crippen LogP contribution in [0.25, 0.3) is 0 Å². The summed E-state index contributed by atoms with van der Waals surface area (Å²) in [6.45, 7) is 1.65. The third-order valence-corrected chi connectivity index (χ3v) is 5.03. The van der Waals surface area contributed by atoms with Crippen molar-refractivity contribution in [1.29, 1.82) is 0 Å². The first-order chi connectivity index (χ1) is 11.5. The summed E-state index contributed by atoms with van der Waals surface area (Å²) in [5.41, 5.74) is 1.99. The van der Waals surface area contributed by atoms with Crippen molar-refractivity contribution in [2.45, 2.75) is 51.0 Å². The quantitative estimate of drug-likeness (QED) is 0.815. The predicted octanol–water partition coefficient (Wildman–Crippen LogP) is 2.46. The molecule has 24 heavy (non-hydrogen) atoms. The second kappa shape index (κ2) is 6.63. The number of hydrogen-bond donors (Lipinski definition) is 2. The van der Waals surface area contributed by atoms with Gasteiger partial charge in [0.15, 0.2) is 0 Å². The van der Waals surface area contributed by atoms with E-state index in [-0.39, 0.29) is 5.91 Å². The number of carbonyl (C=O) groups is 3. The van der Waals surface area contributed by atoms with Crippen LogP contribution in [-0.4, -0.2) is 22.9 Å². The van der Waals surface area contributed by atoms with Crippen LogP contribution in [0, 0.1) is 5.92 Å². The molecule has 4 amide bonds. The van der Waals surface area contributed by atoms with Gasteiger partial charge in [-0.2, -0.15) is 5.01 Å². The Morgan fingerprint density at radius 1 is 1.25 bits per heavy atom.